The molecular weight excluding hydrogens is 713 g/mol. The molecule has 0 saturated carbocycles. The second-order valence-corrected chi connectivity index (χ2v) is 15.6. The highest BCUT2D eigenvalue weighted by atomic mass is 32.1. The van der Waals surface area contributed by atoms with Crippen molar-refractivity contribution in [2.75, 3.05) is 0 Å². The van der Waals surface area contributed by atoms with E-state index in [0.717, 1.165) is 83.1 Å². The molecule has 0 spiro atoms. The summed E-state index contributed by atoms with van der Waals surface area (Å²) in [5.74, 6) is 0. The first-order valence-corrected chi connectivity index (χ1v) is 19.9. The van der Waals surface area contributed by atoms with E-state index in [1.54, 1.807) is 0 Å². The minimum absolute atomic E-state index is 0.891. The predicted molar refractivity (Wildman–Crippen MR) is 240 cm³/mol. The van der Waals surface area contributed by atoms with Crippen LogP contribution >= 0.6 is 11.3 Å². The standard InChI is InChI=1S/C52H30N4S/c1-2-9-32(10-3-1)43-28-22-34-20-21-35-23-29-45(56-50(35)49(34)54-43)37-25-24-36(51-39(37)13-8-30-53-51)31-16-18-33(19-17-31)48-42-27-26-40-38-11-5-7-15-46(38)57-52(40)47(42)41-12-4-6-14-44(41)55-48/h1-30H. The maximum Gasteiger partial charge on any atom is 0.0972 e. The molecule has 7 aromatic carbocycles. The lowest BCUT2D eigenvalue weighted by Gasteiger charge is -2.13. The van der Waals surface area contributed by atoms with Crippen LogP contribution in [0.2, 0.25) is 0 Å². The van der Waals surface area contributed by atoms with Crippen molar-refractivity contribution < 1.29 is 0 Å². The number of hydrogen-bond donors (Lipinski definition) is 0. The van der Waals surface area contributed by atoms with E-state index in [0.29, 0.717) is 0 Å². The third-order valence-electron chi connectivity index (χ3n) is 11.3. The van der Waals surface area contributed by atoms with Crippen molar-refractivity contribution in [3.05, 3.63) is 182 Å². The molecule has 0 fully saturated rings. The van der Waals surface area contributed by atoms with E-state index >= 15 is 0 Å². The monoisotopic (exact) mass is 742 g/mol. The van der Waals surface area contributed by atoms with E-state index in [1.807, 2.05) is 41.8 Å². The lowest BCUT2D eigenvalue weighted by atomic mass is 9.94. The largest absolute Gasteiger partial charge is 0.256 e. The molecule has 57 heavy (non-hydrogen) atoms. The van der Waals surface area contributed by atoms with Crippen molar-refractivity contribution in [3.8, 4) is 44.9 Å². The van der Waals surface area contributed by atoms with Gasteiger partial charge in [-0.25, -0.2) is 15.0 Å². The second kappa shape index (κ2) is 12.6. The molecule has 0 aliphatic carbocycles. The molecule has 0 radical (unpaired) electrons. The lowest BCUT2D eigenvalue weighted by molar-refractivity contribution is 1.36. The van der Waals surface area contributed by atoms with E-state index in [9.17, 15) is 0 Å². The normalized spacial score (nSPS) is 11.9. The Bertz CT molecular complexity index is 3570. The molecule has 5 heterocycles. The molecule has 264 valence electrons. The van der Waals surface area contributed by atoms with Crippen LogP contribution in [0.15, 0.2) is 182 Å². The molecule has 12 rings (SSSR count). The van der Waals surface area contributed by atoms with Crippen LogP contribution < -0.4 is 0 Å². The van der Waals surface area contributed by atoms with Crippen molar-refractivity contribution in [1.82, 2.24) is 19.9 Å². The molecule has 0 saturated heterocycles. The summed E-state index contributed by atoms with van der Waals surface area (Å²) in [4.78, 5) is 20.6. The Hall–Kier alpha value is -7.34. The summed E-state index contributed by atoms with van der Waals surface area (Å²) in [6, 6.07) is 62.2. The van der Waals surface area contributed by atoms with Gasteiger partial charge in [-0.05, 0) is 35.9 Å². The van der Waals surface area contributed by atoms with E-state index in [4.69, 9.17) is 19.9 Å². The van der Waals surface area contributed by atoms with Gasteiger partial charge in [-0.2, -0.15) is 0 Å². The highest BCUT2D eigenvalue weighted by Crippen LogP contribution is 2.44. The van der Waals surface area contributed by atoms with Crippen molar-refractivity contribution in [2.24, 2.45) is 0 Å². The fourth-order valence-electron chi connectivity index (χ4n) is 8.56. The van der Waals surface area contributed by atoms with Gasteiger partial charge in [0.05, 0.1) is 39.1 Å². The summed E-state index contributed by atoms with van der Waals surface area (Å²) in [5.41, 5.74) is 11.9. The number of thiophene rings is 1. The van der Waals surface area contributed by atoms with Gasteiger partial charge in [-0.1, -0.05) is 146 Å². The molecule has 0 aliphatic rings. The van der Waals surface area contributed by atoms with Gasteiger partial charge in [0.15, 0.2) is 0 Å². The van der Waals surface area contributed by atoms with Crippen LogP contribution in [-0.4, -0.2) is 19.9 Å². The van der Waals surface area contributed by atoms with Crippen LogP contribution in [0.5, 0.6) is 0 Å². The Kier molecular flexibility index (Phi) is 7.06. The van der Waals surface area contributed by atoms with E-state index < -0.39 is 0 Å². The molecule has 5 heteroatoms. The first-order valence-electron chi connectivity index (χ1n) is 19.1. The van der Waals surface area contributed by atoms with Crippen molar-refractivity contribution >= 4 is 85.9 Å². The fourth-order valence-corrected chi connectivity index (χ4v) is 9.83. The molecule has 0 amide bonds. The summed E-state index contributed by atoms with van der Waals surface area (Å²) in [5, 5.41) is 9.40. The summed E-state index contributed by atoms with van der Waals surface area (Å²) in [6.07, 6.45) is 1.88. The lowest BCUT2D eigenvalue weighted by Crippen LogP contribution is -1.93. The van der Waals surface area contributed by atoms with Gasteiger partial charge >= 0.3 is 0 Å². The highest BCUT2D eigenvalue weighted by Gasteiger charge is 2.18. The molecule has 0 atom stereocenters. The van der Waals surface area contributed by atoms with Crippen LogP contribution in [0, 0.1) is 0 Å². The predicted octanol–water partition coefficient (Wildman–Crippen LogP) is 14.1. The van der Waals surface area contributed by atoms with Crippen LogP contribution in [0.1, 0.15) is 0 Å². The number of aromatic nitrogens is 4. The van der Waals surface area contributed by atoms with E-state index in [1.165, 1.54) is 36.3 Å². The molecule has 4 nitrogen and oxygen atoms in total. The Balaban J connectivity index is 0.970. The average molecular weight is 743 g/mol. The van der Waals surface area contributed by atoms with Gasteiger partial charge in [-0.15, -0.1) is 11.3 Å². The number of benzene rings is 7. The minimum Gasteiger partial charge on any atom is -0.256 e. The van der Waals surface area contributed by atoms with E-state index in [2.05, 4.69) is 152 Å². The summed E-state index contributed by atoms with van der Waals surface area (Å²) in [7, 11) is 0. The topological polar surface area (TPSA) is 51.6 Å². The van der Waals surface area contributed by atoms with Crippen molar-refractivity contribution in [2.45, 2.75) is 0 Å². The molecule has 0 bridgehead atoms. The highest BCUT2D eigenvalue weighted by molar-refractivity contribution is 7.26. The minimum atomic E-state index is 0.891. The van der Waals surface area contributed by atoms with Gasteiger partial charge in [0.2, 0.25) is 0 Å². The summed E-state index contributed by atoms with van der Waals surface area (Å²) < 4.78 is 2.61. The zero-order valence-corrected chi connectivity index (χ0v) is 31.3. The maximum atomic E-state index is 5.29. The number of para-hydroxylation sites is 1. The molecule has 0 N–H and O–H groups in total. The van der Waals surface area contributed by atoms with Crippen molar-refractivity contribution in [3.63, 3.8) is 0 Å². The zero-order chi connectivity index (χ0) is 37.5. The number of nitrogens with zero attached hydrogens (tertiary/aromatic N) is 4. The van der Waals surface area contributed by atoms with Crippen LogP contribution in [0.4, 0.5) is 0 Å². The van der Waals surface area contributed by atoms with Crippen molar-refractivity contribution in [1.29, 1.82) is 0 Å². The first kappa shape index (κ1) is 32.0. The van der Waals surface area contributed by atoms with Crippen LogP contribution in [-0.2, 0) is 0 Å². The Labute approximate surface area is 331 Å². The van der Waals surface area contributed by atoms with Gasteiger partial charge in [0.1, 0.15) is 0 Å². The summed E-state index contributed by atoms with van der Waals surface area (Å²) in [6.45, 7) is 0. The first-order chi connectivity index (χ1) is 28.2. The molecular formula is C52H30N4S. The third-order valence-corrected chi connectivity index (χ3v) is 12.5. The quantitative estimate of drug-likeness (QED) is 0.169. The molecule has 0 unspecified atom stereocenters. The Morgan fingerprint density at radius 2 is 1.02 bits per heavy atom. The van der Waals surface area contributed by atoms with Gasteiger partial charge in [0, 0.05) is 80.9 Å². The zero-order valence-electron chi connectivity index (χ0n) is 30.5. The smallest absolute Gasteiger partial charge is 0.0972 e. The maximum absolute atomic E-state index is 5.29. The molecule has 5 aromatic heterocycles. The van der Waals surface area contributed by atoms with Crippen LogP contribution in [0.25, 0.3) is 119 Å². The molecule has 12 aromatic rings. The van der Waals surface area contributed by atoms with Gasteiger partial charge in [0.25, 0.3) is 0 Å². The Morgan fingerprint density at radius 1 is 0.368 bits per heavy atom. The number of rotatable bonds is 4. The SMILES string of the molecule is c1ccc(-c2ccc3ccc4ccc(-c5ccc(-c6ccc(-c7nc8ccccc8c8c7ccc7c9ccccc9sc78)cc6)c6ncccc56)nc4c3n2)cc1. The Morgan fingerprint density at radius 3 is 1.86 bits per heavy atom. The number of pyridine rings is 4. The fraction of sp³-hybridized carbons (Fsp3) is 0. The molecule has 0 aliphatic heterocycles. The number of fused-ring (bicyclic) bond motifs is 11. The second-order valence-electron chi connectivity index (χ2n) is 14.5. The van der Waals surface area contributed by atoms with E-state index in [-0.39, 0.29) is 0 Å². The van der Waals surface area contributed by atoms with Crippen LogP contribution in [0.3, 0.4) is 0 Å². The van der Waals surface area contributed by atoms with Gasteiger partial charge < -0.3 is 0 Å². The third kappa shape index (κ3) is 5.06. The number of hydrogen-bond acceptors (Lipinski definition) is 5. The van der Waals surface area contributed by atoms with Gasteiger partial charge in [-0.3, -0.25) is 4.98 Å². The average Bonchev–Trinajstić information content (AvgIpc) is 3.67. The summed E-state index contributed by atoms with van der Waals surface area (Å²) >= 11 is 1.87.